The van der Waals surface area contributed by atoms with Crippen LogP contribution >= 0.6 is 7.92 Å². The lowest BCUT2D eigenvalue weighted by atomic mass is 10.2. The fourth-order valence-corrected chi connectivity index (χ4v) is 5.17. The maximum Gasteiger partial charge on any atom is 0.129 e. The van der Waals surface area contributed by atoms with E-state index in [2.05, 4.69) is 60.7 Å². The molecule has 26 heavy (non-hydrogen) atoms. The second kappa shape index (κ2) is 11.0. The van der Waals surface area contributed by atoms with E-state index in [1.165, 1.54) is 36.3 Å². The third-order valence-corrected chi connectivity index (χ3v) is 7.02. The fraction of sp³-hybridized carbons (Fsp3) is 0.304. The van der Waals surface area contributed by atoms with Crippen molar-refractivity contribution in [2.75, 3.05) is 25.1 Å². The van der Waals surface area contributed by atoms with E-state index in [0.29, 0.717) is 6.61 Å². The van der Waals surface area contributed by atoms with Crippen LogP contribution in [0, 0.1) is 0 Å². The number of rotatable bonds is 11. The van der Waals surface area contributed by atoms with E-state index < -0.39 is 0 Å². The van der Waals surface area contributed by atoms with Crippen LogP contribution in [0.5, 0.6) is 0 Å². The molecular weight excluding hydrogens is 339 g/mol. The SMILES string of the molecule is c1ccc(CCP(CCOCc2ccco2)CCc2ccccc2)cc1. The molecule has 0 saturated carbocycles. The van der Waals surface area contributed by atoms with Gasteiger partial charge in [-0.15, -0.1) is 7.92 Å². The van der Waals surface area contributed by atoms with Crippen LogP contribution in [0.15, 0.2) is 83.5 Å². The topological polar surface area (TPSA) is 22.4 Å². The first-order chi connectivity index (χ1) is 12.9. The lowest BCUT2D eigenvalue weighted by Gasteiger charge is -2.18. The number of hydrogen-bond acceptors (Lipinski definition) is 2. The predicted octanol–water partition coefficient (Wildman–Crippen LogP) is 5.76. The number of ether oxygens (including phenoxy) is 1. The van der Waals surface area contributed by atoms with Crippen LogP contribution in [0.25, 0.3) is 0 Å². The average molecular weight is 366 g/mol. The molecule has 0 aliphatic carbocycles. The molecule has 0 N–H and O–H groups in total. The molecular formula is C23H27O2P. The molecule has 1 aromatic heterocycles. The number of furan rings is 1. The summed E-state index contributed by atoms with van der Waals surface area (Å²) >= 11 is 0. The van der Waals surface area contributed by atoms with Crippen LogP contribution in [0.4, 0.5) is 0 Å². The zero-order valence-electron chi connectivity index (χ0n) is 15.2. The largest absolute Gasteiger partial charge is 0.467 e. The third-order valence-electron chi connectivity index (χ3n) is 4.50. The summed E-state index contributed by atoms with van der Waals surface area (Å²) in [5, 5.41) is 0. The molecule has 0 fully saturated rings. The molecule has 0 bridgehead atoms. The Hall–Kier alpha value is -1.89. The van der Waals surface area contributed by atoms with Gasteiger partial charge in [-0.3, -0.25) is 0 Å². The fourth-order valence-electron chi connectivity index (χ4n) is 2.96. The molecule has 1 heterocycles. The van der Waals surface area contributed by atoms with Crippen molar-refractivity contribution in [1.82, 2.24) is 0 Å². The summed E-state index contributed by atoms with van der Waals surface area (Å²) in [6.45, 7) is 1.39. The summed E-state index contributed by atoms with van der Waals surface area (Å²) in [7, 11) is -0.0327. The Labute approximate surface area is 158 Å². The van der Waals surface area contributed by atoms with Crippen molar-refractivity contribution in [3.05, 3.63) is 95.9 Å². The number of aryl methyl sites for hydroxylation is 2. The predicted molar refractivity (Wildman–Crippen MR) is 110 cm³/mol. The molecule has 0 spiro atoms. The van der Waals surface area contributed by atoms with Crippen LogP contribution in [0.1, 0.15) is 16.9 Å². The average Bonchev–Trinajstić information content (AvgIpc) is 3.22. The van der Waals surface area contributed by atoms with E-state index in [9.17, 15) is 0 Å². The number of benzene rings is 2. The molecule has 3 aromatic rings. The second-order valence-electron chi connectivity index (χ2n) is 6.44. The van der Waals surface area contributed by atoms with Crippen LogP contribution in [-0.4, -0.2) is 25.1 Å². The normalized spacial score (nSPS) is 11.1. The molecule has 2 aromatic carbocycles. The van der Waals surface area contributed by atoms with E-state index in [0.717, 1.165) is 18.5 Å². The molecule has 3 rings (SSSR count). The van der Waals surface area contributed by atoms with Crippen molar-refractivity contribution < 1.29 is 9.15 Å². The van der Waals surface area contributed by atoms with E-state index in [-0.39, 0.29) is 7.92 Å². The van der Waals surface area contributed by atoms with Gasteiger partial charge in [0.25, 0.3) is 0 Å². The summed E-state index contributed by atoms with van der Waals surface area (Å²) in [6, 6.07) is 25.5. The van der Waals surface area contributed by atoms with Crippen molar-refractivity contribution in [2.45, 2.75) is 19.4 Å². The highest BCUT2D eigenvalue weighted by Crippen LogP contribution is 2.36. The zero-order chi connectivity index (χ0) is 17.9. The molecule has 0 atom stereocenters. The van der Waals surface area contributed by atoms with Crippen LogP contribution in [0.3, 0.4) is 0 Å². The molecule has 0 unspecified atom stereocenters. The van der Waals surface area contributed by atoms with Crippen molar-refractivity contribution >= 4 is 7.92 Å². The van der Waals surface area contributed by atoms with Crippen LogP contribution in [0.2, 0.25) is 0 Å². The lowest BCUT2D eigenvalue weighted by molar-refractivity contribution is 0.120. The van der Waals surface area contributed by atoms with E-state index in [1.54, 1.807) is 6.26 Å². The molecule has 0 radical (unpaired) electrons. The Kier molecular flexibility index (Phi) is 7.96. The summed E-state index contributed by atoms with van der Waals surface area (Å²) in [4.78, 5) is 0. The van der Waals surface area contributed by atoms with Gasteiger partial charge in [-0.1, -0.05) is 60.7 Å². The highest BCUT2D eigenvalue weighted by Gasteiger charge is 2.09. The second-order valence-corrected chi connectivity index (χ2v) is 9.13. The number of hydrogen-bond donors (Lipinski definition) is 0. The minimum Gasteiger partial charge on any atom is -0.467 e. The van der Waals surface area contributed by atoms with Crippen molar-refractivity contribution in [3.8, 4) is 0 Å². The van der Waals surface area contributed by atoms with Gasteiger partial charge in [0.1, 0.15) is 12.4 Å². The lowest BCUT2D eigenvalue weighted by Crippen LogP contribution is -2.06. The van der Waals surface area contributed by atoms with Crippen molar-refractivity contribution in [3.63, 3.8) is 0 Å². The molecule has 0 saturated heterocycles. The molecule has 0 amide bonds. The first kappa shape index (κ1) is 18.9. The molecule has 136 valence electrons. The Morgan fingerprint density at radius 3 is 1.85 bits per heavy atom. The third kappa shape index (κ3) is 6.78. The standard InChI is InChI=1S/C23H27O2P/c1-3-8-21(9-4-1)13-17-26(18-14-22-10-5-2-6-11-22)19-16-24-20-23-12-7-15-25-23/h1-12,15H,13-14,16-20H2. The van der Waals surface area contributed by atoms with Gasteiger partial charge < -0.3 is 9.15 Å². The smallest absolute Gasteiger partial charge is 0.129 e. The Morgan fingerprint density at radius 2 is 1.31 bits per heavy atom. The van der Waals surface area contributed by atoms with Gasteiger partial charge in [0.2, 0.25) is 0 Å². The van der Waals surface area contributed by atoms with E-state index >= 15 is 0 Å². The molecule has 2 nitrogen and oxygen atoms in total. The highest BCUT2D eigenvalue weighted by atomic mass is 31.1. The van der Waals surface area contributed by atoms with Gasteiger partial charge in [-0.2, -0.15) is 0 Å². The molecule has 3 heteroatoms. The highest BCUT2D eigenvalue weighted by molar-refractivity contribution is 7.57. The van der Waals surface area contributed by atoms with Gasteiger partial charge in [0.15, 0.2) is 0 Å². The van der Waals surface area contributed by atoms with Gasteiger partial charge in [0, 0.05) is 0 Å². The summed E-state index contributed by atoms with van der Waals surface area (Å²) in [5.74, 6) is 0.905. The van der Waals surface area contributed by atoms with Crippen molar-refractivity contribution in [2.24, 2.45) is 0 Å². The van der Waals surface area contributed by atoms with Gasteiger partial charge in [-0.25, -0.2) is 0 Å². The minimum absolute atomic E-state index is 0.0327. The van der Waals surface area contributed by atoms with Crippen LogP contribution in [-0.2, 0) is 24.2 Å². The van der Waals surface area contributed by atoms with E-state index in [1.807, 2.05) is 12.1 Å². The maximum absolute atomic E-state index is 5.84. The Balaban J connectivity index is 1.46. The monoisotopic (exact) mass is 366 g/mol. The van der Waals surface area contributed by atoms with E-state index in [4.69, 9.17) is 9.15 Å². The molecule has 0 aliphatic heterocycles. The summed E-state index contributed by atoms with van der Waals surface area (Å²) in [5.41, 5.74) is 2.88. The van der Waals surface area contributed by atoms with Gasteiger partial charge in [0.05, 0.1) is 12.9 Å². The quantitative estimate of drug-likeness (QED) is 0.318. The first-order valence-corrected chi connectivity index (χ1v) is 11.2. The van der Waals surface area contributed by atoms with Gasteiger partial charge in [-0.05, 0) is 54.6 Å². The maximum atomic E-state index is 5.84. The Bertz CT molecular complexity index is 667. The minimum atomic E-state index is -0.0327. The molecule has 0 aliphatic rings. The first-order valence-electron chi connectivity index (χ1n) is 9.30. The summed E-state index contributed by atoms with van der Waals surface area (Å²) < 4.78 is 11.2. The van der Waals surface area contributed by atoms with Crippen LogP contribution < -0.4 is 0 Å². The zero-order valence-corrected chi connectivity index (χ0v) is 16.1. The Morgan fingerprint density at radius 1 is 0.692 bits per heavy atom. The van der Waals surface area contributed by atoms with Gasteiger partial charge >= 0.3 is 0 Å². The van der Waals surface area contributed by atoms with Crippen molar-refractivity contribution in [1.29, 1.82) is 0 Å². The summed E-state index contributed by atoms with van der Waals surface area (Å²) in [6.07, 6.45) is 7.74.